The van der Waals surface area contributed by atoms with Crippen LogP contribution in [0.4, 0.5) is 5.69 Å². The van der Waals surface area contributed by atoms with Gasteiger partial charge in [0.2, 0.25) is 0 Å². The summed E-state index contributed by atoms with van der Waals surface area (Å²) in [7, 11) is 0. The predicted molar refractivity (Wildman–Crippen MR) is 99.2 cm³/mol. The van der Waals surface area contributed by atoms with Crippen molar-refractivity contribution in [2.45, 2.75) is 13.8 Å². The fourth-order valence-electron chi connectivity index (χ4n) is 2.07. The van der Waals surface area contributed by atoms with Crippen LogP contribution in [0.1, 0.15) is 21.5 Å². The van der Waals surface area contributed by atoms with Crippen molar-refractivity contribution in [2.24, 2.45) is 0 Å². The van der Waals surface area contributed by atoms with Crippen molar-refractivity contribution in [1.29, 1.82) is 0 Å². The van der Waals surface area contributed by atoms with Gasteiger partial charge in [0.05, 0.1) is 12.1 Å². The fraction of sp³-hybridized carbons (Fsp3) is 0.176. The van der Waals surface area contributed by atoms with Crippen molar-refractivity contribution in [3.05, 3.63) is 62.7 Å². The van der Waals surface area contributed by atoms with E-state index in [0.29, 0.717) is 5.56 Å². The summed E-state index contributed by atoms with van der Waals surface area (Å²) in [6, 6.07) is 13.1. The lowest BCUT2D eigenvalue weighted by molar-refractivity contribution is -0.120. The summed E-state index contributed by atoms with van der Waals surface area (Å²) >= 11 is 2.08. The van der Waals surface area contributed by atoms with E-state index in [1.807, 2.05) is 44.2 Å². The van der Waals surface area contributed by atoms with Gasteiger partial charge in [-0.2, -0.15) is 0 Å². The smallest absolute Gasteiger partial charge is 0.270 e. The second-order valence-electron chi connectivity index (χ2n) is 5.15. The highest BCUT2D eigenvalue weighted by Crippen LogP contribution is 2.15. The second-order valence-corrected chi connectivity index (χ2v) is 6.32. The molecule has 0 aromatic heterocycles. The number of rotatable bonds is 4. The Morgan fingerprint density at radius 3 is 2.48 bits per heavy atom. The zero-order valence-corrected chi connectivity index (χ0v) is 15.1. The third-order valence-electron chi connectivity index (χ3n) is 3.26. The summed E-state index contributed by atoms with van der Waals surface area (Å²) in [5, 5.41) is 3.05. The van der Waals surface area contributed by atoms with Crippen LogP contribution in [0.5, 0.6) is 0 Å². The Balaban J connectivity index is 1.83. The third-order valence-corrected chi connectivity index (χ3v) is 4.20. The van der Waals surface area contributed by atoms with Gasteiger partial charge in [-0.15, -0.1) is 0 Å². The molecule has 0 saturated heterocycles. The molecule has 3 N–H and O–H groups in total. The molecule has 0 atom stereocenters. The second kappa shape index (κ2) is 7.96. The van der Waals surface area contributed by atoms with E-state index < -0.39 is 0 Å². The molecule has 0 heterocycles. The van der Waals surface area contributed by atoms with Gasteiger partial charge in [0.15, 0.2) is 0 Å². The number of carbonyl (C=O) groups excluding carboxylic acids is 2. The maximum atomic E-state index is 12.0. The zero-order chi connectivity index (χ0) is 16.8. The summed E-state index contributed by atoms with van der Waals surface area (Å²) in [5.41, 5.74) is 8.48. The number of amides is 2. The fourth-order valence-corrected chi connectivity index (χ4v) is 2.70. The van der Waals surface area contributed by atoms with Crippen LogP contribution in [0.2, 0.25) is 0 Å². The number of halogens is 1. The molecule has 0 unspecified atom stereocenters. The van der Waals surface area contributed by atoms with Gasteiger partial charge in [-0.25, -0.2) is 0 Å². The maximum absolute atomic E-state index is 12.0. The Labute approximate surface area is 149 Å². The topological polar surface area (TPSA) is 70.2 Å². The average molecular weight is 423 g/mol. The molecule has 0 spiro atoms. The highest BCUT2D eigenvalue weighted by molar-refractivity contribution is 14.1. The Bertz CT molecular complexity index is 732. The molecule has 23 heavy (non-hydrogen) atoms. The summed E-state index contributed by atoms with van der Waals surface area (Å²) < 4.78 is 0.824. The number of nitrogens with one attached hydrogen (secondary N) is 3. The minimum Gasteiger partial charge on any atom is -0.376 e. The van der Waals surface area contributed by atoms with E-state index >= 15 is 0 Å². The molecule has 0 radical (unpaired) electrons. The molecular weight excluding hydrogens is 405 g/mol. The van der Waals surface area contributed by atoms with Gasteiger partial charge < -0.3 is 5.32 Å². The first-order valence-electron chi connectivity index (χ1n) is 7.12. The van der Waals surface area contributed by atoms with Crippen molar-refractivity contribution in [2.75, 3.05) is 11.9 Å². The normalized spacial score (nSPS) is 10.0. The molecular formula is C17H18IN3O2. The van der Waals surface area contributed by atoms with Crippen molar-refractivity contribution in [3.63, 3.8) is 0 Å². The molecule has 0 aliphatic rings. The highest BCUT2D eigenvalue weighted by atomic mass is 127. The van der Waals surface area contributed by atoms with E-state index in [9.17, 15) is 9.59 Å². The highest BCUT2D eigenvalue weighted by Gasteiger charge is 2.10. The molecule has 0 bridgehead atoms. The van der Waals surface area contributed by atoms with Gasteiger partial charge in [-0.05, 0) is 60.2 Å². The van der Waals surface area contributed by atoms with Crippen LogP contribution in [0.15, 0.2) is 42.5 Å². The summed E-state index contributed by atoms with van der Waals surface area (Å²) in [6.07, 6.45) is 0. The van der Waals surface area contributed by atoms with Gasteiger partial charge in [-0.3, -0.25) is 20.4 Å². The van der Waals surface area contributed by atoms with Crippen LogP contribution < -0.4 is 16.2 Å². The first-order chi connectivity index (χ1) is 11.0. The van der Waals surface area contributed by atoms with Gasteiger partial charge in [0.25, 0.3) is 11.8 Å². The minimum absolute atomic E-state index is 0.0794. The predicted octanol–water partition coefficient (Wildman–Crippen LogP) is 2.78. The number of anilines is 1. The van der Waals surface area contributed by atoms with E-state index in [0.717, 1.165) is 14.8 Å². The maximum Gasteiger partial charge on any atom is 0.270 e. The van der Waals surface area contributed by atoms with Gasteiger partial charge in [0, 0.05) is 9.26 Å². The number of benzene rings is 2. The lowest BCUT2D eigenvalue weighted by Crippen LogP contribution is -2.44. The number of hydrogen-bond acceptors (Lipinski definition) is 3. The average Bonchev–Trinajstić information content (AvgIpc) is 2.52. The lowest BCUT2D eigenvalue weighted by Gasteiger charge is -2.11. The summed E-state index contributed by atoms with van der Waals surface area (Å²) in [5.74, 6) is -0.654. The minimum atomic E-state index is -0.338. The van der Waals surface area contributed by atoms with Gasteiger partial charge in [0.1, 0.15) is 0 Å². The quantitative estimate of drug-likeness (QED) is 0.524. The van der Waals surface area contributed by atoms with E-state index in [4.69, 9.17) is 0 Å². The lowest BCUT2D eigenvalue weighted by atomic mass is 10.1. The molecule has 0 saturated carbocycles. The first kappa shape index (κ1) is 17.3. The number of carbonyl (C=O) groups is 2. The van der Waals surface area contributed by atoms with Crippen molar-refractivity contribution in [1.82, 2.24) is 10.9 Å². The number of aryl methyl sites for hydroxylation is 2. The Morgan fingerprint density at radius 2 is 1.78 bits per heavy atom. The Morgan fingerprint density at radius 1 is 1.04 bits per heavy atom. The van der Waals surface area contributed by atoms with Crippen LogP contribution in [-0.2, 0) is 4.79 Å². The molecule has 2 aromatic rings. The molecule has 0 aliphatic heterocycles. The Hall–Kier alpha value is -2.09. The van der Waals surface area contributed by atoms with Crippen LogP contribution in [0, 0.1) is 17.4 Å². The molecule has 2 amide bonds. The SMILES string of the molecule is Cc1ccc(NCC(=O)NNC(=O)c2ccccc2I)c(C)c1. The van der Waals surface area contributed by atoms with Crippen molar-refractivity contribution in [3.8, 4) is 0 Å². The van der Waals surface area contributed by atoms with Gasteiger partial charge >= 0.3 is 0 Å². The van der Waals surface area contributed by atoms with E-state index in [2.05, 4.69) is 38.8 Å². The number of hydrogen-bond donors (Lipinski definition) is 3. The van der Waals surface area contributed by atoms with Crippen molar-refractivity contribution < 1.29 is 9.59 Å². The Kier molecular flexibility index (Phi) is 5.97. The van der Waals surface area contributed by atoms with Crippen LogP contribution >= 0.6 is 22.6 Å². The summed E-state index contributed by atoms with van der Waals surface area (Å²) in [4.78, 5) is 23.8. The summed E-state index contributed by atoms with van der Waals surface area (Å²) in [6.45, 7) is 4.08. The monoisotopic (exact) mass is 423 g/mol. The standard InChI is InChI=1S/C17H18IN3O2/c1-11-7-8-15(12(2)9-11)19-10-16(22)20-21-17(23)13-5-3-4-6-14(13)18/h3-9,19H,10H2,1-2H3,(H,20,22)(H,21,23). The molecule has 0 aliphatic carbocycles. The molecule has 0 fully saturated rings. The molecule has 6 heteroatoms. The molecule has 2 aromatic carbocycles. The molecule has 5 nitrogen and oxygen atoms in total. The first-order valence-corrected chi connectivity index (χ1v) is 8.20. The largest absolute Gasteiger partial charge is 0.376 e. The van der Waals surface area contributed by atoms with Gasteiger partial charge in [-0.1, -0.05) is 29.8 Å². The van der Waals surface area contributed by atoms with E-state index in [1.54, 1.807) is 12.1 Å². The molecule has 2 rings (SSSR count). The van der Waals surface area contributed by atoms with Crippen LogP contribution in [0.3, 0.4) is 0 Å². The third kappa shape index (κ3) is 4.95. The van der Waals surface area contributed by atoms with E-state index in [1.165, 1.54) is 5.56 Å². The van der Waals surface area contributed by atoms with E-state index in [-0.39, 0.29) is 18.4 Å². The van der Waals surface area contributed by atoms with Crippen LogP contribution in [0.25, 0.3) is 0 Å². The number of hydrazine groups is 1. The zero-order valence-electron chi connectivity index (χ0n) is 12.9. The van der Waals surface area contributed by atoms with Crippen LogP contribution in [-0.4, -0.2) is 18.4 Å². The molecule has 120 valence electrons. The van der Waals surface area contributed by atoms with Crippen molar-refractivity contribution >= 4 is 40.1 Å².